The summed E-state index contributed by atoms with van der Waals surface area (Å²) in [5.74, 6) is 0. The number of benzene rings is 2. The van der Waals surface area contributed by atoms with Crippen molar-refractivity contribution in [3.63, 3.8) is 0 Å². The second-order valence-electron chi connectivity index (χ2n) is 2.35. The monoisotopic (exact) mass is 203 g/mol. The Morgan fingerprint density at radius 2 is 0.818 bits per heavy atom. The molecule has 0 aliphatic carbocycles. The van der Waals surface area contributed by atoms with Crippen molar-refractivity contribution < 1.29 is 0 Å². The van der Waals surface area contributed by atoms with Crippen LogP contribution in [0.4, 0.5) is 0 Å². The molecule has 0 fully saturated rings. The largest absolute Gasteiger partial charge is 0.0616 e. The quantitative estimate of drug-likeness (QED) is 0.577. The topological polar surface area (TPSA) is 0 Å². The maximum atomic E-state index is 2.12. The van der Waals surface area contributed by atoms with E-state index in [0.717, 1.165) is 0 Å². The van der Waals surface area contributed by atoms with Gasteiger partial charge in [0.2, 0.25) is 0 Å². The summed E-state index contributed by atoms with van der Waals surface area (Å²) in [6.45, 7) is 0. The summed E-state index contributed by atoms with van der Waals surface area (Å²) in [6.07, 6.45) is 0. The number of rotatable bonds is 0. The van der Waals surface area contributed by atoms with Crippen LogP contribution in [0, 0.1) is 0 Å². The minimum absolute atomic E-state index is 0. The Kier molecular flexibility index (Phi) is 2.73. The van der Waals surface area contributed by atoms with Crippen LogP contribution in [0.5, 0.6) is 0 Å². The van der Waals surface area contributed by atoms with Crippen LogP contribution in [0.25, 0.3) is 10.8 Å². The zero-order valence-corrected chi connectivity index (χ0v) is 7.94. The third-order valence-corrected chi connectivity index (χ3v) is 1.66. The van der Waals surface area contributed by atoms with E-state index in [1.165, 1.54) is 10.8 Å². The normalized spacial score (nSPS) is 9.09. The number of hydrogen-bond donors (Lipinski definition) is 0. The van der Waals surface area contributed by atoms with E-state index < -0.39 is 0 Å². The zero-order valence-electron chi connectivity index (χ0n) is 6.07. The molecule has 0 aliphatic heterocycles. The Labute approximate surface area is 77.5 Å². The van der Waals surface area contributed by atoms with Gasteiger partial charge < -0.3 is 0 Å². The molecule has 3 radical (unpaired) electrons. The van der Waals surface area contributed by atoms with Gasteiger partial charge in [-0.1, -0.05) is 48.5 Å². The molecule has 0 bridgehead atoms. The Bertz CT molecular complexity index is 276. The standard InChI is InChI=1S/C10H8.As/c1-2-6-10-8-4-3-7-9(10)5-1;/h1-8H;. The fraction of sp³-hybridized carbons (Fsp3) is 0. The summed E-state index contributed by atoms with van der Waals surface area (Å²) in [6, 6.07) is 16.7. The van der Waals surface area contributed by atoms with Crippen LogP contribution in [0.2, 0.25) is 0 Å². The summed E-state index contributed by atoms with van der Waals surface area (Å²) < 4.78 is 0. The average molecular weight is 203 g/mol. The molecule has 0 atom stereocenters. The van der Waals surface area contributed by atoms with Gasteiger partial charge in [-0.05, 0) is 10.8 Å². The second-order valence-corrected chi connectivity index (χ2v) is 2.35. The third kappa shape index (κ3) is 1.64. The summed E-state index contributed by atoms with van der Waals surface area (Å²) in [7, 11) is 0. The molecule has 0 aliphatic rings. The molecular weight excluding hydrogens is 195 g/mol. The minimum Gasteiger partial charge on any atom is -0.0616 e. The van der Waals surface area contributed by atoms with Gasteiger partial charge in [-0.25, -0.2) is 0 Å². The molecule has 0 unspecified atom stereocenters. The SMILES string of the molecule is [As].c1ccc2ccccc2c1. The molecule has 2 aromatic carbocycles. The van der Waals surface area contributed by atoms with Crippen molar-refractivity contribution >= 4 is 28.7 Å². The van der Waals surface area contributed by atoms with Crippen LogP contribution in [-0.4, -0.2) is 18.0 Å². The summed E-state index contributed by atoms with van der Waals surface area (Å²) in [5, 5.41) is 2.62. The van der Waals surface area contributed by atoms with Crippen LogP contribution in [0.15, 0.2) is 48.5 Å². The molecule has 0 nitrogen and oxygen atoms in total. The van der Waals surface area contributed by atoms with Crippen molar-refractivity contribution in [1.29, 1.82) is 0 Å². The Morgan fingerprint density at radius 1 is 0.545 bits per heavy atom. The Hall–Kier alpha value is -0.742. The van der Waals surface area contributed by atoms with Crippen molar-refractivity contribution in [2.24, 2.45) is 0 Å². The van der Waals surface area contributed by atoms with Gasteiger partial charge in [0.05, 0.1) is 0 Å². The van der Waals surface area contributed by atoms with Crippen LogP contribution in [0.1, 0.15) is 0 Å². The second kappa shape index (κ2) is 3.59. The van der Waals surface area contributed by atoms with E-state index in [1.54, 1.807) is 0 Å². The van der Waals surface area contributed by atoms with Gasteiger partial charge >= 0.3 is 0 Å². The first kappa shape index (κ1) is 8.36. The summed E-state index contributed by atoms with van der Waals surface area (Å²) >= 11 is 0. The Morgan fingerprint density at radius 3 is 1.09 bits per heavy atom. The first-order valence-electron chi connectivity index (χ1n) is 3.40. The van der Waals surface area contributed by atoms with Gasteiger partial charge in [-0.15, -0.1) is 0 Å². The van der Waals surface area contributed by atoms with Gasteiger partial charge in [-0.2, -0.15) is 0 Å². The summed E-state index contributed by atoms with van der Waals surface area (Å²) in [5.41, 5.74) is 0. The van der Waals surface area contributed by atoms with Gasteiger partial charge in [0.25, 0.3) is 0 Å². The first-order chi connectivity index (χ1) is 4.97. The van der Waals surface area contributed by atoms with Crippen LogP contribution in [-0.2, 0) is 0 Å². The molecule has 0 heterocycles. The van der Waals surface area contributed by atoms with Crippen LogP contribution >= 0.6 is 0 Å². The van der Waals surface area contributed by atoms with E-state index in [9.17, 15) is 0 Å². The van der Waals surface area contributed by atoms with Gasteiger partial charge in [0.1, 0.15) is 0 Å². The molecule has 0 saturated carbocycles. The molecule has 0 N–H and O–H groups in total. The van der Waals surface area contributed by atoms with Crippen LogP contribution in [0.3, 0.4) is 0 Å². The fourth-order valence-corrected chi connectivity index (χ4v) is 1.13. The van der Waals surface area contributed by atoms with E-state index in [1.807, 2.05) is 0 Å². The van der Waals surface area contributed by atoms with Gasteiger partial charge in [0, 0.05) is 18.0 Å². The molecule has 0 aromatic heterocycles. The molecule has 0 saturated heterocycles. The predicted molar refractivity (Wildman–Crippen MR) is 49.7 cm³/mol. The van der Waals surface area contributed by atoms with E-state index >= 15 is 0 Å². The minimum atomic E-state index is 0. The molecule has 0 amide bonds. The van der Waals surface area contributed by atoms with Crippen molar-refractivity contribution in [1.82, 2.24) is 0 Å². The summed E-state index contributed by atoms with van der Waals surface area (Å²) in [4.78, 5) is 0. The van der Waals surface area contributed by atoms with Crippen molar-refractivity contribution in [2.45, 2.75) is 0 Å². The maximum absolute atomic E-state index is 2.12. The Balaban J connectivity index is 0.000000605. The van der Waals surface area contributed by atoms with Crippen molar-refractivity contribution in [3.8, 4) is 0 Å². The number of hydrogen-bond acceptors (Lipinski definition) is 0. The molecule has 2 rings (SSSR count). The molecule has 0 spiro atoms. The molecule has 53 valence electrons. The first-order valence-corrected chi connectivity index (χ1v) is 3.40. The van der Waals surface area contributed by atoms with Crippen LogP contribution < -0.4 is 0 Å². The zero-order chi connectivity index (χ0) is 6.81. The van der Waals surface area contributed by atoms with E-state index in [2.05, 4.69) is 48.5 Å². The third-order valence-electron chi connectivity index (χ3n) is 1.66. The smallest absolute Gasteiger partial charge is 0 e. The van der Waals surface area contributed by atoms with E-state index in [-0.39, 0.29) is 18.0 Å². The average Bonchev–Trinajstić information content (AvgIpc) is 2.05. The van der Waals surface area contributed by atoms with Crippen molar-refractivity contribution in [3.05, 3.63) is 48.5 Å². The van der Waals surface area contributed by atoms with Crippen molar-refractivity contribution in [2.75, 3.05) is 0 Å². The van der Waals surface area contributed by atoms with E-state index in [0.29, 0.717) is 0 Å². The molecule has 1 heteroatoms. The molecular formula is C10H8As. The van der Waals surface area contributed by atoms with E-state index in [4.69, 9.17) is 0 Å². The molecule has 2 aromatic rings. The van der Waals surface area contributed by atoms with Gasteiger partial charge in [-0.3, -0.25) is 0 Å². The van der Waals surface area contributed by atoms with Gasteiger partial charge in [0.15, 0.2) is 0 Å². The maximum Gasteiger partial charge on any atom is 0 e. The number of fused-ring (bicyclic) bond motifs is 1. The fourth-order valence-electron chi connectivity index (χ4n) is 1.13. The predicted octanol–water partition coefficient (Wildman–Crippen LogP) is 2.46. The molecule has 11 heavy (non-hydrogen) atoms.